The Bertz CT molecular complexity index is 622. The number of rotatable bonds is 4. The average Bonchev–Trinajstić information content (AvgIpc) is 3.08. The molecule has 3 heterocycles. The third-order valence-electron chi connectivity index (χ3n) is 3.86. The molecule has 0 amide bonds. The average molecular weight is 291 g/mol. The Morgan fingerprint density at radius 3 is 3.14 bits per heavy atom. The molecule has 2 aromatic heterocycles. The third kappa shape index (κ3) is 2.82. The highest BCUT2D eigenvalue weighted by Gasteiger charge is 2.38. The number of aromatic nitrogens is 2. The zero-order valence-corrected chi connectivity index (χ0v) is 11.8. The van der Waals surface area contributed by atoms with E-state index in [-0.39, 0.29) is 0 Å². The van der Waals surface area contributed by atoms with E-state index < -0.39 is 11.4 Å². The molecule has 1 N–H and O–H groups in total. The van der Waals surface area contributed by atoms with E-state index in [1.165, 1.54) is 0 Å². The molecule has 1 unspecified atom stereocenters. The molecule has 112 valence electrons. The molecule has 7 nitrogen and oxygen atoms in total. The van der Waals surface area contributed by atoms with Crippen molar-refractivity contribution in [3.63, 3.8) is 0 Å². The molecular formula is C14H17N3O4. The largest absolute Gasteiger partial charge is 0.481 e. The number of carbonyl (C=O) groups is 1. The van der Waals surface area contributed by atoms with E-state index in [1.54, 1.807) is 25.3 Å². The van der Waals surface area contributed by atoms with Gasteiger partial charge in [0, 0.05) is 6.54 Å². The van der Waals surface area contributed by atoms with E-state index >= 15 is 0 Å². The van der Waals surface area contributed by atoms with Gasteiger partial charge in [-0.3, -0.25) is 9.69 Å². The highest BCUT2D eigenvalue weighted by Crippen LogP contribution is 2.30. The fraction of sp³-hybridized carbons (Fsp3) is 0.500. The topological polar surface area (TPSA) is 92.6 Å². The Labute approximate surface area is 121 Å². The lowest BCUT2D eigenvalue weighted by Gasteiger charge is -2.36. The van der Waals surface area contributed by atoms with Gasteiger partial charge in [0.2, 0.25) is 0 Å². The fourth-order valence-electron chi connectivity index (χ4n) is 2.67. The van der Waals surface area contributed by atoms with Crippen molar-refractivity contribution in [3.8, 4) is 11.7 Å². The fourth-order valence-corrected chi connectivity index (χ4v) is 2.67. The predicted molar refractivity (Wildman–Crippen MR) is 72.3 cm³/mol. The maximum Gasteiger partial charge on any atom is 0.310 e. The lowest BCUT2D eigenvalue weighted by Crippen LogP contribution is -2.45. The molecule has 1 aliphatic heterocycles. The number of carboxylic acid groups (broad SMARTS) is 1. The molecule has 0 aromatic carbocycles. The molecule has 2 aromatic rings. The summed E-state index contributed by atoms with van der Waals surface area (Å²) in [6, 6.07) is 3.50. The molecule has 0 aliphatic carbocycles. The van der Waals surface area contributed by atoms with E-state index in [4.69, 9.17) is 8.94 Å². The van der Waals surface area contributed by atoms with Crippen LogP contribution in [-0.4, -0.2) is 39.2 Å². The van der Waals surface area contributed by atoms with Crippen LogP contribution in [0.3, 0.4) is 0 Å². The van der Waals surface area contributed by atoms with Crippen molar-refractivity contribution in [2.24, 2.45) is 5.41 Å². The number of aliphatic carboxylic acids is 1. The first-order valence-corrected chi connectivity index (χ1v) is 6.89. The van der Waals surface area contributed by atoms with Crippen LogP contribution in [0.25, 0.3) is 11.7 Å². The first kappa shape index (κ1) is 13.8. The van der Waals surface area contributed by atoms with Crippen molar-refractivity contribution in [1.82, 2.24) is 15.0 Å². The summed E-state index contributed by atoms with van der Waals surface area (Å²) >= 11 is 0. The van der Waals surface area contributed by atoms with Crippen LogP contribution >= 0.6 is 0 Å². The van der Waals surface area contributed by atoms with Gasteiger partial charge >= 0.3 is 5.97 Å². The van der Waals surface area contributed by atoms with E-state index in [2.05, 4.69) is 10.1 Å². The van der Waals surface area contributed by atoms with Gasteiger partial charge in [-0.2, -0.15) is 4.98 Å². The highest BCUT2D eigenvalue weighted by molar-refractivity contribution is 5.74. The second-order valence-electron chi connectivity index (χ2n) is 5.67. The molecule has 0 saturated carbocycles. The smallest absolute Gasteiger partial charge is 0.310 e. The van der Waals surface area contributed by atoms with E-state index in [0.717, 1.165) is 13.0 Å². The normalized spacial score (nSPS) is 23.3. The van der Waals surface area contributed by atoms with Crippen LogP contribution in [0.4, 0.5) is 0 Å². The van der Waals surface area contributed by atoms with Gasteiger partial charge in [0.1, 0.15) is 0 Å². The molecule has 7 heteroatoms. The van der Waals surface area contributed by atoms with Crippen LogP contribution in [0, 0.1) is 5.41 Å². The molecule has 0 spiro atoms. The summed E-state index contributed by atoms with van der Waals surface area (Å²) in [6.07, 6.45) is 3.09. The van der Waals surface area contributed by atoms with Crippen LogP contribution in [0.15, 0.2) is 27.3 Å². The zero-order valence-electron chi connectivity index (χ0n) is 11.8. The van der Waals surface area contributed by atoms with Gasteiger partial charge in [-0.05, 0) is 38.4 Å². The second-order valence-corrected chi connectivity index (χ2v) is 5.67. The van der Waals surface area contributed by atoms with Gasteiger partial charge in [-0.15, -0.1) is 0 Å². The maximum atomic E-state index is 11.3. The molecule has 1 saturated heterocycles. The van der Waals surface area contributed by atoms with Crippen LogP contribution < -0.4 is 0 Å². The lowest BCUT2D eigenvalue weighted by atomic mass is 9.82. The van der Waals surface area contributed by atoms with Gasteiger partial charge in [0.05, 0.1) is 18.2 Å². The summed E-state index contributed by atoms with van der Waals surface area (Å²) in [6.45, 7) is 3.60. The van der Waals surface area contributed by atoms with Gasteiger partial charge in [-0.1, -0.05) is 5.16 Å². The Morgan fingerprint density at radius 2 is 2.43 bits per heavy atom. The van der Waals surface area contributed by atoms with Crippen LogP contribution in [-0.2, 0) is 11.3 Å². The summed E-state index contributed by atoms with van der Waals surface area (Å²) in [7, 11) is 0. The molecule has 3 rings (SSSR count). The van der Waals surface area contributed by atoms with Gasteiger partial charge in [-0.25, -0.2) is 0 Å². The molecule has 21 heavy (non-hydrogen) atoms. The number of nitrogens with zero attached hydrogens (tertiary/aromatic N) is 3. The number of carboxylic acids is 1. The molecule has 1 atom stereocenters. The van der Waals surface area contributed by atoms with Gasteiger partial charge in [0.25, 0.3) is 5.89 Å². The summed E-state index contributed by atoms with van der Waals surface area (Å²) < 4.78 is 10.4. The van der Waals surface area contributed by atoms with Crippen molar-refractivity contribution < 1.29 is 18.8 Å². The zero-order chi connectivity index (χ0) is 14.9. The van der Waals surface area contributed by atoms with Crippen molar-refractivity contribution in [2.75, 3.05) is 13.1 Å². The van der Waals surface area contributed by atoms with Crippen LogP contribution in [0.1, 0.15) is 25.6 Å². The van der Waals surface area contributed by atoms with E-state index in [9.17, 15) is 9.90 Å². The first-order chi connectivity index (χ1) is 10.1. The second kappa shape index (κ2) is 5.33. The van der Waals surface area contributed by atoms with Crippen molar-refractivity contribution >= 4 is 5.97 Å². The lowest BCUT2D eigenvalue weighted by molar-refractivity contribution is -0.151. The summed E-state index contributed by atoms with van der Waals surface area (Å²) in [5.41, 5.74) is -0.703. The standard InChI is InChI=1S/C14H17N3O4/c1-14(13(18)19)5-3-6-17(9-14)8-11-15-12(21-16-11)10-4-2-7-20-10/h2,4,7H,3,5-6,8-9H2,1H3,(H,18,19). The Hall–Kier alpha value is -2.15. The highest BCUT2D eigenvalue weighted by atomic mass is 16.5. The van der Waals surface area contributed by atoms with Crippen LogP contribution in [0.2, 0.25) is 0 Å². The molecule has 0 bridgehead atoms. The summed E-state index contributed by atoms with van der Waals surface area (Å²) in [5, 5.41) is 13.2. The van der Waals surface area contributed by atoms with Crippen molar-refractivity contribution in [1.29, 1.82) is 0 Å². The Kier molecular flexibility index (Phi) is 3.50. The SMILES string of the molecule is CC1(C(=O)O)CCCN(Cc2noc(-c3ccco3)n2)C1. The van der Waals surface area contributed by atoms with E-state index in [0.29, 0.717) is 37.0 Å². The van der Waals surface area contributed by atoms with Gasteiger partial charge in [0.15, 0.2) is 11.6 Å². The Balaban J connectivity index is 1.68. The van der Waals surface area contributed by atoms with Crippen molar-refractivity contribution in [2.45, 2.75) is 26.3 Å². The van der Waals surface area contributed by atoms with Gasteiger partial charge < -0.3 is 14.0 Å². The molecule has 1 fully saturated rings. The minimum Gasteiger partial charge on any atom is -0.481 e. The number of piperidine rings is 1. The summed E-state index contributed by atoms with van der Waals surface area (Å²) in [5.74, 6) is 0.656. The molecular weight excluding hydrogens is 274 g/mol. The number of hydrogen-bond acceptors (Lipinski definition) is 6. The molecule has 1 aliphatic rings. The molecule has 0 radical (unpaired) electrons. The van der Waals surface area contributed by atoms with Crippen LogP contribution in [0.5, 0.6) is 0 Å². The predicted octanol–water partition coefficient (Wildman–Crippen LogP) is 2.02. The number of hydrogen-bond donors (Lipinski definition) is 1. The van der Waals surface area contributed by atoms with Crippen molar-refractivity contribution in [3.05, 3.63) is 24.2 Å². The Morgan fingerprint density at radius 1 is 1.57 bits per heavy atom. The maximum absolute atomic E-state index is 11.3. The monoisotopic (exact) mass is 291 g/mol. The summed E-state index contributed by atoms with van der Waals surface area (Å²) in [4.78, 5) is 17.7. The van der Waals surface area contributed by atoms with E-state index in [1.807, 2.05) is 4.90 Å². The number of furan rings is 1. The third-order valence-corrected chi connectivity index (χ3v) is 3.86. The first-order valence-electron chi connectivity index (χ1n) is 6.89. The quantitative estimate of drug-likeness (QED) is 0.921. The minimum atomic E-state index is -0.753. The minimum absolute atomic E-state index is 0.341. The number of likely N-dealkylation sites (tertiary alicyclic amines) is 1.